The van der Waals surface area contributed by atoms with E-state index in [1.54, 1.807) is 0 Å². The van der Waals surface area contributed by atoms with Gasteiger partial charge in [0.25, 0.3) is 0 Å². The third kappa shape index (κ3) is 2.38. The Bertz CT molecular complexity index is 383. The summed E-state index contributed by atoms with van der Waals surface area (Å²) in [6, 6.07) is 0. The van der Waals surface area contributed by atoms with Crippen molar-refractivity contribution < 1.29 is 0 Å². The lowest BCUT2D eigenvalue weighted by Crippen LogP contribution is -2.39. The number of aromatic nitrogens is 2. The second-order valence-corrected chi connectivity index (χ2v) is 10.7. The first kappa shape index (κ1) is 11.9. The molecule has 0 spiro atoms. The van der Waals surface area contributed by atoms with Crippen LogP contribution in [0.3, 0.4) is 0 Å². The van der Waals surface area contributed by atoms with Gasteiger partial charge in [-0.05, 0) is 18.0 Å². The average Bonchev–Trinajstić information content (AvgIpc) is 2.68. The molecule has 0 aliphatic carbocycles. The van der Waals surface area contributed by atoms with Gasteiger partial charge in [-0.1, -0.05) is 31.2 Å². The maximum atomic E-state index is 6.25. The number of hydrogen-bond acceptors (Lipinski definition) is 3. The van der Waals surface area contributed by atoms with E-state index < -0.39 is 8.07 Å². The van der Waals surface area contributed by atoms with Gasteiger partial charge in [-0.15, -0.1) is 0 Å². The summed E-state index contributed by atoms with van der Waals surface area (Å²) in [7, 11) is -1.42. The molecule has 1 aromatic rings. The third-order valence-electron chi connectivity index (χ3n) is 2.93. The molecule has 0 amide bonds. The van der Waals surface area contributed by atoms with Crippen LogP contribution in [0.5, 0.6) is 0 Å². The van der Waals surface area contributed by atoms with Gasteiger partial charge in [0.1, 0.15) is 5.15 Å². The standard InChI is InChI=1S/C11H18ClN3Si/c1-16(2,3)9-8-13-11(14-10(9)12)15-6-4-5-7-15/h8H,4-7H2,1-3H3. The Labute approximate surface area is 103 Å². The van der Waals surface area contributed by atoms with Gasteiger partial charge in [0.15, 0.2) is 0 Å². The van der Waals surface area contributed by atoms with Gasteiger partial charge in [0, 0.05) is 19.3 Å². The number of rotatable bonds is 2. The van der Waals surface area contributed by atoms with Crippen LogP contribution in [-0.4, -0.2) is 31.1 Å². The highest BCUT2D eigenvalue weighted by Gasteiger charge is 2.23. The Morgan fingerprint density at radius 1 is 1.25 bits per heavy atom. The van der Waals surface area contributed by atoms with Crippen LogP contribution in [-0.2, 0) is 0 Å². The summed E-state index contributed by atoms with van der Waals surface area (Å²) in [4.78, 5) is 11.1. The zero-order valence-corrected chi connectivity index (χ0v) is 11.9. The molecule has 1 aliphatic heterocycles. The van der Waals surface area contributed by atoms with Crippen LogP contribution in [0.2, 0.25) is 24.8 Å². The Balaban J connectivity index is 2.29. The van der Waals surface area contributed by atoms with Crippen LogP contribution in [0.1, 0.15) is 12.8 Å². The Morgan fingerprint density at radius 3 is 2.38 bits per heavy atom. The van der Waals surface area contributed by atoms with Gasteiger partial charge in [0.05, 0.1) is 8.07 Å². The van der Waals surface area contributed by atoms with Crippen molar-refractivity contribution in [2.45, 2.75) is 32.5 Å². The maximum absolute atomic E-state index is 6.25. The predicted molar refractivity (Wildman–Crippen MR) is 71.5 cm³/mol. The molecule has 0 bridgehead atoms. The highest BCUT2D eigenvalue weighted by atomic mass is 35.5. The van der Waals surface area contributed by atoms with Crippen molar-refractivity contribution in [3.8, 4) is 0 Å². The highest BCUT2D eigenvalue weighted by Crippen LogP contribution is 2.17. The van der Waals surface area contributed by atoms with E-state index in [0.717, 1.165) is 24.2 Å². The number of anilines is 1. The number of hydrogen-bond donors (Lipinski definition) is 0. The normalized spacial score (nSPS) is 16.9. The SMILES string of the molecule is C[Si](C)(C)c1cnc(N2CCCC2)nc1Cl. The summed E-state index contributed by atoms with van der Waals surface area (Å²) < 4.78 is 0. The van der Waals surface area contributed by atoms with Gasteiger partial charge in [0.2, 0.25) is 5.95 Å². The first-order chi connectivity index (χ1) is 7.48. The smallest absolute Gasteiger partial charge is 0.226 e. The van der Waals surface area contributed by atoms with E-state index in [4.69, 9.17) is 11.6 Å². The van der Waals surface area contributed by atoms with Crippen molar-refractivity contribution >= 4 is 30.8 Å². The van der Waals surface area contributed by atoms with Gasteiger partial charge in [-0.25, -0.2) is 9.97 Å². The lowest BCUT2D eigenvalue weighted by molar-refractivity contribution is 0.900. The lowest BCUT2D eigenvalue weighted by Gasteiger charge is -2.20. The lowest BCUT2D eigenvalue weighted by atomic mass is 10.4. The number of nitrogens with zero attached hydrogens (tertiary/aromatic N) is 3. The molecule has 1 aliphatic rings. The molecule has 1 aromatic heterocycles. The molecule has 1 fully saturated rings. The highest BCUT2D eigenvalue weighted by molar-refractivity contribution is 6.90. The molecule has 88 valence electrons. The molecule has 0 radical (unpaired) electrons. The van der Waals surface area contributed by atoms with Gasteiger partial charge >= 0.3 is 0 Å². The van der Waals surface area contributed by atoms with Crippen LogP contribution in [0, 0.1) is 0 Å². The van der Waals surface area contributed by atoms with Gasteiger partial charge in [-0.3, -0.25) is 0 Å². The van der Waals surface area contributed by atoms with E-state index in [9.17, 15) is 0 Å². The van der Waals surface area contributed by atoms with Crippen molar-refractivity contribution in [2.24, 2.45) is 0 Å². The molecule has 0 atom stereocenters. The van der Waals surface area contributed by atoms with E-state index in [1.807, 2.05) is 6.20 Å². The largest absolute Gasteiger partial charge is 0.341 e. The van der Waals surface area contributed by atoms with Crippen LogP contribution in [0.25, 0.3) is 0 Å². The molecular weight excluding hydrogens is 238 g/mol. The Morgan fingerprint density at radius 2 is 1.88 bits per heavy atom. The number of halogens is 1. The van der Waals surface area contributed by atoms with Crippen molar-refractivity contribution in [1.82, 2.24) is 9.97 Å². The molecule has 5 heteroatoms. The molecule has 0 aromatic carbocycles. The van der Waals surface area contributed by atoms with E-state index in [0.29, 0.717) is 5.15 Å². The van der Waals surface area contributed by atoms with Crippen LogP contribution >= 0.6 is 11.6 Å². The monoisotopic (exact) mass is 255 g/mol. The van der Waals surface area contributed by atoms with Gasteiger partial charge in [-0.2, -0.15) is 0 Å². The van der Waals surface area contributed by atoms with Crippen LogP contribution in [0.4, 0.5) is 5.95 Å². The third-order valence-corrected chi connectivity index (χ3v) is 5.35. The van der Waals surface area contributed by atoms with E-state index >= 15 is 0 Å². The van der Waals surface area contributed by atoms with E-state index in [2.05, 4.69) is 34.5 Å². The molecule has 3 nitrogen and oxygen atoms in total. The minimum atomic E-state index is -1.42. The minimum absolute atomic E-state index is 0.649. The second kappa shape index (κ2) is 4.34. The molecule has 0 saturated carbocycles. The molecule has 0 unspecified atom stereocenters. The second-order valence-electron chi connectivity index (χ2n) is 5.32. The summed E-state index contributed by atoms with van der Waals surface area (Å²) in [6.07, 6.45) is 4.39. The zero-order chi connectivity index (χ0) is 11.8. The quantitative estimate of drug-likeness (QED) is 0.600. The van der Waals surface area contributed by atoms with Crippen molar-refractivity contribution in [1.29, 1.82) is 0 Å². The minimum Gasteiger partial charge on any atom is -0.341 e. The van der Waals surface area contributed by atoms with Gasteiger partial charge < -0.3 is 4.90 Å². The van der Waals surface area contributed by atoms with Crippen molar-refractivity contribution in [3.63, 3.8) is 0 Å². The maximum Gasteiger partial charge on any atom is 0.226 e. The summed E-state index contributed by atoms with van der Waals surface area (Å²) >= 11 is 6.25. The average molecular weight is 256 g/mol. The topological polar surface area (TPSA) is 29.0 Å². The first-order valence-corrected chi connectivity index (χ1v) is 9.64. The fourth-order valence-electron chi connectivity index (χ4n) is 1.93. The summed E-state index contributed by atoms with van der Waals surface area (Å²) in [5, 5.41) is 1.80. The predicted octanol–water partition coefficient (Wildman–Crippen LogP) is 2.28. The molecule has 2 rings (SSSR count). The fourth-order valence-corrected chi connectivity index (χ4v) is 4.03. The summed E-state index contributed by atoms with van der Waals surface area (Å²) in [5.74, 6) is 0.796. The Kier molecular flexibility index (Phi) is 3.21. The molecule has 0 N–H and O–H groups in total. The molecule has 16 heavy (non-hydrogen) atoms. The molecule has 1 saturated heterocycles. The van der Waals surface area contributed by atoms with Crippen LogP contribution in [0.15, 0.2) is 6.20 Å². The van der Waals surface area contributed by atoms with E-state index in [-0.39, 0.29) is 0 Å². The molecular formula is C11H18ClN3Si. The fraction of sp³-hybridized carbons (Fsp3) is 0.636. The van der Waals surface area contributed by atoms with Crippen molar-refractivity contribution in [2.75, 3.05) is 18.0 Å². The summed E-state index contributed by atoms with van der Waals surface area (Å²) in [6.45, 7) is 8.89. The van der Waals surface area contributed by atoms with E-state index in [1.165, 1.54) is 12.8 Å². The Hall–Kier alpha value is -0.613. The molecule has 2 heterocycles. The van der Waals surface area contributed by atoms with Crippen molar-refractivity contribution in [3.05, 3.63) is 11.3 Å². The zero-order valence-electron chi connectivity index (χ0n) is 10.1. The van der Waals surface area contributed by atoms with Crippen LogP contribution < -0.4 is 10.1 Å². The summed E-state index contributed by atoms with van der Waals surface area (Å²) in [5.41, 5.74) is 0. The first-order valence-electron chi connectivity index (χ1n) is 5.76.